The molecule has 0 aromatic heterocycles. The van der Waals surface area contributed by atoms with Gasteiger partial charge >= 0.3 is 0 Å². The van der Waals surface area contributed by atoms with Crippen LogP contribution in [0.3, 0.4) is 0 Å². The first kappa shape index (κ1) is 7.01. The third-order valence-corrected chi connectivity index (χ3v) is 4.15. The van der Waals surface area contributed by atoms with E-state index in [2.05, 4.69) is 5.32 Å². The van der Waals surface area contributed by atoms with Gasteiger partial charge in [-0.1, -0.05) is 0 Å². The van der Waals surface area contributed by atoms with Crippen molar-refractivity contribution >= 4 is 0 Å². The molecule has 4 fully saturated rings. The van der Waals surface area contributed by atoms with Crippen molar-refractivity contribution in [3.8, 4) is 0 Å². The molecule has 0 N–H and O–H groups in total. The molecular formula is C9H14N3. The third-order valence-electron chi connectivity index (χ3n) is 4.15. The van der Waals surface area contributed by atoms with Crippen LogP contribution in [0.2, 0.25) is 0 Å². The number of piperidine rings is 1. The molecule has 3 aliphatic heterocycles. The summed E-state index contributed by atoms with van der Waals surface area (Å²) in [6, 6.07) is 0.969. The van der Waals surface area contributed by atoms with Gasteiger partial charge in [0.1, 0.15) is 0 Å². The predicted octanol–water partition coefficient (Wildman–Crippen LogP) is 0.950. The molecule has 3 heterocycles. The Hall–Kier alpha value is -0.440. The SMILES string of the molecule is [N-]=[N+]1C2CCC1C21CC[N]CC1. The molecule has 3 heteroatoms. The van der Waals surface area contributed by atoms with Gasteiger partial charge in [-0.3, -0.25) is 0 Å². The van der Waals surface area contributed by atoms with Crippen molar-refractivity contribution in [3.63, 3.8) is 0 Å². The summed E-state index contributed by atoms with van der Waals surface area (Å²) in [6.07, 6.45) is 4.86. The Kier molecular flexibility index (Phi) is 1.21. The van der Waals surface area contributed by atoms with Gasteiger partial charge in [-0.15, -0.1) is 0 Å². The van der Waals surface area contributed by atoms with Crippen LogP contribution in [0.1, 0.15) is 25.7 Å². The van der Waals surface area contributed by atoms with Gasteiger partial charge in [0.05, 0.1) is 5.41 Å². The Bertz CT molecular complexity index is 214. The van der Waals surface area contributed by atoms with E-state index in [1.165, 1.54) is 25.7 Å². The fourth-order valence-corrected chi connectivity index (χ4v) is 3.52. The van der Waals surface area contributed by atoms with Gasteiger partial charge in [-0.25, -0.2) is 5.32 Å². The Morgan fingerprint density at radius 1 is 1.17 bits per heavy atom. The molecule has 2 atom stereocenters. The van der Waals surface area contributed by atoms with E-state index in [1.807, 2.05) is 0 Å². The molecule has 1 spiro atoms. The van der Waals surface area contributed by atoms with Crippen LogP contribution >= 0.6 is 0 Å². The molecule has 1 radical (unpaired) electrons. The van der Waals surface area contributed by atoms with E-state index in [0.29, 0.717) is 17.5 Å². The molecule has 1 aliphatic carbocycles. The average molecular weight is 164 g/mol. The highest BCUT2D eigenvalue weighted by Gasteiger charge is 2.68. The van der Waals surface area contributed by atoms with E-state index in [0.717, 1.165) is 13.1 Å². The monoisotopic (exact) mass is 164 g/mol. The molecule has 4 aliphatic rings. The second kappa shape index (κ2) is 2.08. The molecule has 65 valence electrons. The van der Waals surface area contributed by atoms with Gasteiger partial charge in [-0.2, -0.15) is 0 Å². The quantitative estimate of drug-likeness (QED) is 0.478. The van der Waals surface area contributed by atoms with Gasteiger partial charge in [0.2, 0.25) is 0 Å². The van der Waals surface area contributed by atoms with Crippen LogP contribution in [0, 0.1) is 5.41 Å². The summed E-state index contributed by atoms with van der Waals surface area (Å²) in [4.78, 5) is 0. The molecule has 0 aromatic carbocycles. The molecule has 4 rings (SSSR count). The van der Waals surface area contributed by atoms with E-state index in [-0.39, 0.29) is 0 Å². The maximum Gasteiger partial charge on any atom is 0.153 e. The summed E-state index contributed by atoms with van der Waals surface area (Å²) in [7, 11) is 0. The van der Waals surface area contributed by atoms with Crippen LogP contribution in [-0.2, 0) is 0 Å². The number of hydrogen-bond donors (Lipinski definition) is 0. The van der Waals surface area contributed by atoms with Crippen molar-refractivity contribution in [2.75, 3.05) is 13.1 Å². The lowest BCUT2D eigenvalue weighted by Crippen LogP contribution is -2.62. The second-order valence-electron chi connectivity index (χ2n) is 4.39. The van der Waals surface area contributed by atoms with Crippen molar-refractivity contribution in [2.24, 2.45) is 5.41 Å². The van der Waals surface area contributed by atoms with Gasteiger partial charge in [-0.05, 0) is 12.8 Å². The van der Waals surface area contributed by atoms with Crippen LogP contribution in [-0.4, -0.2) is 29.9 Å². The zero-order valence-corrected chi connectivity index (χ0v) is 7.24. The van der Waals surface area contributed by atoms with E-state index in [1.54, 1.807) is 4.70 Å². The maximum atomic E-state index is 9.57. The zero-order valence-electron chi connectivity index (χ0n) is 7.24. The van der Waals surface area contributed by atoms with Crippen molar-refractivity contribution in [2.45, 2.75) is 37.8 Å². The summed E-state index contributed by atoms with van der Waals surface area (Å²) in [6.45, 7) is 2.06. The van der Waals surface area contributed by atoms with Crippen molar-refractivity contribution in [1.82, 2.24) is 5.32 Å². The van der Waals surface area contributed by atoms with E-state index in [4.69, 9.17) is 0 Å². The molecule has 2 bridgehead atoms. The minimum atomic E-state index is 0.483. The number of nitrogens with zero attached hydrogens (tertiary/aromatic N) is 3. The molecule has 1 saturated carbocycles. The zero-order chi connectivity index (χ0) is 8.18. The van der Waals surface area contributed by atoms with Crippen molar-refractivity contribution in [3.05, 3.63) is 5.53 Å². The first-order valence-electron chi connectivity index (χ1n) is 4.95. The molecule has 2 unspecified atom stereocenters. The normalized spacial score (nSPS) is 43.2. The highest BCUT2D eigenvalue weighted by molar-refractivity contribution is 5.07. The minimum absolute atomic E-state index is 0.483. The largest absolute Gasteiger partial charge is 0.506 e. The summed E-state index contributed by atoms with van der Waals surface area (Å²) in [5, 5.41) is 4.38. The predicted molar refractivity (Wildman–Crippen MR) is 44.0 cm³/mol. The maximum absolute atomic E-state index is 9.57. The van der Waals surface area contributed by atoms with Crippen LogP contribution in [0.4, 0.5) is 0 Å². The lowest BCUT2D eigenvalue weighted by atomic mass is 9.66. The van der Waals surface area contributed by atoms with Crippen LogP contribution in [0.25, 0.3) is 5.53 Å². The lowest BCUT2D eigenvalue weighted by Gasteiger charge is -2.49. The summed E-state index contributed by atoms with van der Waals surface area (Å²) in [5.41, 5.74) is 10.1. The topological polar surface area (TPSA) is 39.4 Å². The fourth-order valence-electron chi connectivity index (χ4n) is 3.52. The standard InChI is InChI=1S/C9H14N3/c10-12-7-1-2-8(12)9(7)3-5-11-6-4-9/h7-8H,1-6H2. The fraction of sp³-hybridized carbons (Fsp3) is 1.00. The van der Waals surface area contributed by atoms with Crippen LogP contribution in [0.5, 0.6) is 0 Å². The van der Waals surface area contributed by atoms with Gasteiger partial charge < -0.3 is 10.2 Å². The minimum Gasteiger partial charge on any atom is -0.506 e. The molecule has 0 aromatic rings. The van der Waals surface area contributed by atoms with Crippen LogP contribution < -0.4 is 5.32 Å². The van der Waals surface area contributed by atoms with Crippen molar-refractivity contribution in [1.29, 1.82) is 0 Å². The van der Waals surface area contributed by atoms with Crippen molar-refractivity contribution < 1.29 is 4.70 Å². The van der Waals surface area contributed by atoms with Gasteiger partial charge in [0.25, 0.3) is 0 Å². The van der Waals surface area contributed by atoms with Gasteiger partial charge in [0.15, 0.2) is 12.1 Å². The second-order valence-corrected chi connectivity index (χ2v) is 4.39. The van der Waals surface area contributed by atoms with E-state index >= 15 is 0 Å². The van der Waals surface area contributed by atoms with E-state index < -0.39 is 0 Å². The first-order chi connectivity index (χ1) is 5.84. The number of fused-ring (bicyclic) bond motifs is 1. The smallest absolute Gasteiger partial charge is 0.153 e. The number of rotatable bonds is 0. The van der Waals surface area contributed by atoms with Gasteiger partial charge in [0, 0.05) is 25.9 Å². The summed E-state index contributed by atoms with van der Waals surface area (Å²) in [5.74, 6) is 0. The molecule has 0 amide bonds. The Balaban J connectivity index is 1.89. The Labute approximate surface area is 72.6 Å². The highest BCUT2D eigenvalue weighted by atomic mass is 15.3. The Morgan fingerprint density at radius 2 is 1.75 bits per heavy atom. The average Bonchev–Trinajstić information content (AvgIpc) is 2.66. The molecule has 3 saturated heterocycles. The lowest BCUT2D eigenvalue weighted by molar-refractivity contribution is -0.703. The third kappa shape index (κ3) is 0.586. The number of hydrogen-bond acceptors (Lipinski definition) is 0. The molecular weight excluding hydrogens is 150 g/mol. The highest BCUT2D eigenvalue weighted by Crippen LogP contribution is 2.56. The summed E-state index contributed by atoms with van der Waals surface area (Å²) < 4.78 is 1.60. The molecule has 3 nitrogen and oxygen atoms in total. The molecule has 12 heavy (non-hydrogen) atoms. The Morgan fingerprint density at radius 3 is 2.25 bits per heavy atom. The first-order valence-corrected chi connectivity index (χ1v) is 4.95. The van der Waals surface area contributed by atoms with E-state index in [9.17, 15) is 5.53 Å². The summed E-state index contributed by atoms with van der Waals surface area (Å²) >= 11 is 0. The van der Waals surface area contributed by atoms with Crippen LogP contribution in [0.15, 0.2) is 0 Å².